The molecule has 0 bridgehead atoms. The molecule has 0 saturated heterocycles. The van der Waals surface area contributed by atoms with E-state index in [1.165, 1.54) is 16.7 Å². The molecule has 0 atom stereocenters. The average molecular weight is 458 g/mol. The Morgan fingerprint density at radius 1 is 0.941 bits per heavy atom. The standard InChI is InChI=1S/C14H20I2O/c1-9-7-11(13(3,4)15)8-10(2)12(9)17-14(5,6)16/h7-8H,1-6H3. The molecule has 0 aliphatic heterocycles. The van der Waals surface area contributed by atoms with E-state index >= 15 is 0 Å². The molecular formula is C14H20I2O. The molecule has 0 fully saturated rings. The normalized spacial score (nSPS) is 12.7. The lowest BCUT2D eigenvalue weighted by molar-refractivity contribution is 0.222. The Hall–Kier alpha value is 0.480. The van der Waals surface area contributed by atoms with Crippen LogP contribution in [0.2, 0.25) is 0 Å². The third-order valence-electron chi connectivity index (χ3n) is 2.49. The van der Waals surface area contributed by atoms with Crippen molar-refractivity contribution >= 4 is 45.2 Å². The number of hydrogen-bond donors (Lipinski definition) is 0. The molecule has 0 amide bonds. The molecule has 0 N–H and O–H groups in total. The summed E-state index contributed by atoms with van der Waals surface area (Å²) in [6, 6.07) is 4.47. The minimum absolute atomic E-state index is 0.158. The molecule has 0 saturated carbocycles. The molecule has 1 rings (SSSR count). The molecule has 1 aromatic carbocycles. The molecule has 0 aromatic heterocycles. The van der Waals surface area contributed by atoms with Crippen LogP contribution in [0.25, 0.3) is 0 Å². The molecule has 17 heavy (non-hydrogen) atoms. The summed E-state index contributed by atoms with van der Waals surface area (Å²) in [5.41, 5.74) is 3.79. The maximum atomic E-state index is 6.02. The van der Waals surface area contributed by atoms with Crippen LogP contribution in [-0.4, -0.2) is 3.61 Å². The SMILES string of the molecule is Cc1cc(C(C)(C)I)cc(C)c1OC(C)(C)I. The van der Waals surface area contributed by atoms with Gasteiger partial charge in [-0.1, -0.05) is 34.7 Å². The van der Waals surface area contributed by atoms with Crippen molar-refractivity contribution in [1.82, 2.24) is 0 Å². The molecule has 0 aliphatic carbocycles. The van der Waals surface area contributed by atoms with Gasteiger partial charge < -0.3 is 4.74 Å². The van der Waals surface area contributed by atoms with Gasteiger partial charge in [-0.25, -0.2) is 0 Å². The highest BCUT2D eigenvalue weighted by atomic mass is 127. The fourth-order valence-corrected chi connectivity index (χ4v) is 2.23. The van der Waals surface area contributed by atoms with Crippen molar-refractivity contribution in [2.75, 3.05) is 0 Å². The minimum atomic E-state index is -0.172. The van der Waals surface area contributed by atoms with Crippen molar-refractivity contribution in [3.05, 3.63) is 28.8 Å². The van der Waals surface area contributed by atoms with E-state index in [0.717, 1.165) is 5.75 Å². The number of halogens is 2. The van der Waals surface area contributed by atoms with Gasteiger partial charge in [0.15, 0.2) is 3.61 Å². The van der Waals surface area contributed by atoms with Gasteiger partial charge in [-0.15, -0.1) is 0 Å². The highest BCUT2D eigenvalue weighted by Crippen LogP contribution is 2.37. The fourth-order valence-electron chi connectivity index (χ4n) is 1.70. The zero-order chi connectivity index (χ0) is 13.4. The van der Waals surface area contributed by atoms with Crippen molar-refractivity contribution in [2.45, 2.75) is 48.6 Å². The van der Waals surface area contributed by atoms with Crippen LogP contribution < -0.4 is 4.74 Å². The van der Waals surface area contributed by atoms with Crippen LogP contribution in [0.5, 0.6) is 5.75 Å². The van der Waals surface area contributed by atoms with E-state index in [4.69, 9.17) is 4.74 Å². The first-order valence-corrected chi connectivity index (χ1v) is 7.85. The molecule has 0 aliphatic rings. The van der Waals surface area contributed by atoms with E-state index in [1.807, 2.05) is 0 Å². The van der Waals surface area contributed by atoms with Crippen molar-refractivity contribution < 1.29 is 4.74 Å². The Morgan fingerprint density at radius 3 is 1.65 bits per heavy atom. The Bertz CT molecular complexity index is 388. The molecule has 3 heteroatoms. The first kappa shape index (κ1) is 15.5. The van der Waals surface area contributed by atoms with E-state index in [-0.39, 0.29) is 7.03 Å². The van der Waals surface area contributed by atoms with Gasteiger partial charge >= 0.3 is 0 Å². The summed E-state index contributed by atoms with van der Waals surface area (Å²) in [6.45, 7) is 12.8. The Balaban J connectivity index is 3.20. The van der Waals surface area contributed by atoms with Gasteiger partial charge in [0.2, 0.25) is 0 Å². The molecule has 1 aromatic rings. The van der Waals surface area contributed by atoms with Crippen molar-refractivity contribution in [2.24, 2.45) is 0 Å². The molecule has 0 radical (unpaired) electrons. The van der Waals surface area contributed by atoms with Gasteiger partial charge in [0, 0.05) is 3.42 Å². The summed E-state index contributed by atoms with van der Waals surface area (Å²) in [5, 5.41) is 0. The highest BCUT2D eigenvalue weighted by molar-refractivity contribution is 14.1. The van der Waals surface area contributed by atoms with Crippen molar-refractivity contribution in [3.63, 3.8) is 0 Å². The third kappa shape index (κ3) is 4.58. The first-order valence-electron chi connectivity index (χ1n) is 5.69. The van der Waals surface area contributed by atoms with Gasteiger partial charge in [0.05, 0.1) is 0 Å². The smallest absolute Gasteiger partial charge is 0.153 e. The van der Waals surface area contributed by atoms with Gasteiger partial charge in [-0.2, -0.15) is 0 Å². The van der Waals surface area contributed by atoms with Crippen LogP contribution >= 0.6 is 45.2 Å². The van der Waals surface area contributed by atoms with Crippen LogP contribution in [0.15, 0.2) is 12.1 Å². The predicted octanol–water partition coefficient (Wildman–Crippen LogP) is 5.52. The molecule has 0 heterocycles. The third-order valence-corrected chi connectivity index (χ3v) is 3.33. The Labute approximate surface area is 132 Å². The quantitative estimate of drug-likeness (QED) is 0.428. The lowest BCUT2D eigenvalue weighted by Gasteiger charge is -2.25. The summed E-state index contributed by atoms with van der Waals surface area (Å²) < 4.78 is 6.00. The zero-order valence-corrected chi connectivity index (χ0v) is 15.6. The van der Waals surface area contributed by atoms with Gasteiger partial charge in [-0.05, 0) is 80.8 Å². The fraction of sp³-hybridized carbons (Fsp3) is 0.571. The monoisotopic (exact) mass is 458 g/mol. The lowest BCUT2D eigenvalue weighted by Crippen LogP contribution is -2.20. The van der Waals surface area contributed by atoms with Crippen LogP contribution in [0.4, 0.5) is 0 Å². The highest BCUT2D eigenvalue weighted by Gasteiger charge is 2.21. The maximum absolute atomic E-state index is 6.02. The number of ether oxygens (including phenoxy) is 1. The molecule has 96 valence electrons. The van der Waals surface area contributed by atoms with E-state index in [9.17, 15) is 0 Å². The number of rotatable bonds is 3. The second-order valence-corrected chi connectivity index (χ2v) is 10.7. The van der Waals surface area contributed by atoms with Gasteiger partial charge in [0.25, 0.3) is 0 Å². The van der Waals surface area contributed by atoms with Gasteiger partial charge in [0.1, 0.15) is 5.75 Å². The Morgan fingerprint density at radius 2 is 1.35 bits per heavy atom. The van der Waals surface area contributed by atoms with Crippen LogP contribution in [0.1, 0.15) is 44.4 Å². The molecular weight excluding hydrogens is 438 g/mol. The zero-order valence-electron chi connectivity index (χ0n) is 11.3. The van der Waals surface area contributed by atoms with E-state index < -0.39 is 0 Å². The minimum Gasteiger partial charge on any atom is -0.477 e. The summed E-state index contributed by atoms with van der Waals surface area (Å²) in [5.74, 6) is 1.02. The van der Waals surface area contributed by atoms with Crippen LogP contribution in [0, 0.1) is 13.8 Å². The first-order chi connectivity index (χ1) is 7.50. The average Bonchev–Trinajstić information content (AvgIpc) is 2.07. The summed E-state index contributed by atoms with van der Waals surface area (Å²) in [4.78, 5) is 0. The summed E-state index contributed by atoms with van der Waals surface area (Å²) in [7, 11) is 0. The van der Waals surface area contributed by atoms with Crippen molar-refractivity contribution in [1.29, 1.82) is 0 Å². The summed E-state index contributed by atoms with van der Waals surface area (Å²) in [6.07, 6.45) is 0. The van der Waals surface area contributed by atoms with E-state index in [2.05, 4.69) is 98.9 Å². The molecule has 1 nitrogen and oxygen atoms in total. The van der Waals surface area contributed by atoms with E-state index in [1.54, 1.807) is 0 Å². The molecule has 0 unspecified atom stereocenters. The number of alkyl halides is 2. The second-order valence-electron chi connectivity index (χ2n) is 5.38. The molecule has 0 spiro atoms. The van der Waals surface area contributed by atoms with Crippen LogP contribution in [0.3, 0.4) is 0 Å². The largest absolute Gasteiger partial charge is 0.477 e. The topological polar surface area (TPSA) is 9.23 Å². The lowest BCUT2D eigenvalue weighted by atomic mass is 9.97. The number of aryl methyl sites for hydroxylation is 2. The van der Waals surface area contributed by atoms with E-state index in [0.29, 0.717) is 0 Å². The Kier molecular flexibility index (Phi) is 4.78. The van der Waals surface area contributed by atoms with Gasteiger partial charge in [-0.3, -0.25) is 0 Å². The van der Waals surface area contributed by atoms with Crippen LogP contribution in [-0.2, 0) is 3.42 Å². The second kappa shape index (κ2) is 5.23. The maximum Gasteiger partial charge on any atom is 0.153 e. The summed E-state index contributed by atoms with van der Waals surface area (Å²) >= 11 is 4.79. The predicted molar refractivity (Wildman–Crippen MR) is 91.7 cm³/mol. The number of hydrogen-bond acceptors (Lipinski definition) is 1. The number of benzene rings is 1. The van der Waals surface area contributed by atoms with Crippen molar-refractivity contribution in [3.8, 4) is 5.75 Å².